The molecule has 0 radical (unpaired) electrons. The van der Waals surface area contributed by atoms with Crippen LogP contribution in [-0.2, 0) is 19.1 Å². The van der Waals surface area contributed by atoms with Gasteiger partial charge in [0.15, 0.2) is 0 Å². The van der Waals surface area contributed by atoms with Gasteiger partial charge in [0.25, 0.3) is 0 Å². The third-order valence-electron chi connectivity index (χ3n) is 3.24. The number of ether oxygens (including phenoxy) is 1. The molecule has 4 N–H and O–H groups in total. The summed E-state index contributed by atoms with van der Waals surface area (Å²) in [6.07, 6.45) is 1.93. The minimum absolute atomic E-state index is 0.120. The topological polar surface area (TPSA) is 114 Å². The van der Waals surface area contributed by atoms with Gasteiger partial charge in [0.1, 0.15) is 6.04 Å². The van der Waals surface area contributed by atoms with E-state index in [0.29, 0.717) is 6.61 Å². The van der Waals surface area contributed by atoms with Crippen molar-refractivity contribution in [2.45, 2.75) is 24.9 Å². The molecule has 2 rings (SSSR count). The van der Waals surface area contributed by atoms with Gasteiger partial charge in [-0.25, -0.2) is 0 Å². The molecule has 1 unspecified atom stereocenters. The summed E-state index contributed by atoms with van der Waals surface area (Å²) < 4.78 is 5.24. The lowest BCUT2D eigenvalue weighted by atomic mass is 10.2. The molecule has 8 heteroatoms. The molecule has 1 heterocycles. The van der Waals surface area contributed by atoms with Crippen LogP contribution in [0.5, 0.6) is 0 Å². The van der Waals surface area contributed by atoms with Crippen LogP contribution in [0.3, 0.4) is 0 Å². The maximum atomic E-state index is 12.1. The average molecular weight is 284 g/mol. The maximum Gasteiger partial charge on any atom is 0.312 e. The smallest absolute Gasteiger partial charge is 0.312 e. The Hall–Kier alpha value is -1.67. The standard InChI is InChI=1S/C12H20N4O4/c13-3-4-14-11(18)12(19)16-5-6-20-7-9(16)10(17)15-8-1-2-8/h8-9H,1-7,13H2,(H,14,18)(H,15,17). The molecule has 2 aliphatic rings. The Morgan fingerprint density at radius 3 is 2.70 bits per heavy atom. The van der Waals surface area contributed by atoms with Crippen molar-refractivity contribution in [3.63, 3.8) is 0 Å². The summed E-state index contributed by atoms with van der Waals surface area (Å²) in [5.41, 5.74) is 5.27. The van der Waals surface area contributed by atoms with Crippen molar-refractivity contribution in [2.75, 3.05) is 32.8 Å². The fraction of sp³-hybridized carbons (Fsp3) is 0.750. The zero-order chi connectivity index (χ0) is 14.5. The van der Waals surface area contributed by atoms with Crippen LogP contribution in [0.2, 0.25) is 0 Å². The van der Waals surface area contributed by atoms with E-state index in [1.54, 1.807) is 0 Å². The Bertz CT molecular complexity index is 397. The monoisotopic (exact) mass is 284 g/mol. The van der Waals surface area contributed by atoms with E-state index in [2.05, 4.69) is 10.6 Å². The summed E-state index contributed by atoms with van der Waals surface area (Å²) in [6, 6.07) is -0.534. The van der Waals surface area contributed by atoms with Gasteiger partial charge in [0.2, 0.25) is 5.91 Å². The molecule has 0 aromatic heterocycles. The lowest BCUT2D eigenvalue weighted by Gasteiger charge is -2.34. The minimum atomic E-state index is -0.736. The second kappa shape index (κ2) is 6.67. The van der Waals surface area contributed by atoms with Crippen molar-refractivity contribution in [1.82, 2.24) is 15.5 Å². The van der Waals surface area contributed by atoms with Crippen LogP contribution in [0, 0.1) is 0 Å². The number of nitrogens with one attached hydrogen (secondary N) is 2. The Labute approximate surface area is 117 Å². The molecule has 0 bridgehead atoms. The summed E-state index contributed by atoms with van der Waals surface area (Å²) in [6.45, 7) is 1.16. The molecule has 1 atom stereocenters. The van der Waals surface area contributed by atoms with E-state index in [-0.39, 0.29) is 38.2 Å². The number of carbonyl (C=O) groups is 3. The van der Waals surface area contributed by atoms with Gasteiger partial charge in [-0.15, -0.1) is 0 Å². The normalized spacial score (nSPS) is 22.2. The molecule has 1 saturated heterocycles. The van der Waals surface area contributed by atoms with Crippen LogP contribution in [0.1, 0.15) is 12.8 Å². The Morgan fingerprint density at radius 1 is 1.30 bits per heavy atom. The van der Waals surface area contributed by atoms with Gasteiger partial charge in [0, 0.05) is 25.7 Å². The van der Waals surface area contributed by atoms with E-state index < -0.39 is 17.9 Å². The van der Waals surface area contributed by atoms with E-state index in [4.69, 9.17) is 10.5 Å². The number of nitrogens with two attached hydrogens (primary N) is 1. The Morgan fingerprint density at radius 2 is 2.05 bits per heavy atom. The van der Waals surface area contributed by atoms with E-state index in [1.807, 2.05) is 0 Å². The molecule has 8 nitrogen and oxygen atoms in total. The van der Waals surface area contributed by atoms with Crippen molar-refractivity contribution in [1.29, 1.82) is 0 Å². The van der Waals surface area contributed by atoms with Crippen LogP contribution < -0.4 is 16.4 Å². The van der Waals surface area contributed by atoms with Crippen molar-refractivity contribution in [2.24, 2.45) is 5.73 Å². The van der Waals surface area contributed by atoms with E-state index in [1.165, 1.54) is 4.90 Å². The van der Waals surface area contributed by atoms with Gasteiger partial charge in [0.05, 0.1) is 13.2 Å². The first kappa shape index (κ1) is 14.7. The molecular weight excluding hydrogens is 264 g/mol. The first-order chi connectivity index (χ1) is 9.63. The van der Waals surface area contributed by atoms with Crippen LogP contribution in [-0.4, -0.2) is 67.6 Å². The first-order valence-electron chi connectivity index (χ1n) is 6.80. The highest BCUT2D eigenvalue weighted by Crippen LogP contribution is 2.19. The Kier molecular flexibility index (Phi) is 4.91. The molecule has 0 aromatic rings. The number of rotatable bonds is 4. The molecule has 1 aliphatic heterocycles. The Balaban J connectivity index is 1.96. The summed E-state index contributed by atoms with van der Waals surface area (Å²) in [7, 11) is 0. The molecule has 2 fully saturated rings. The van der Waals surface area contributed by atoms with Crippen molar-refractivity contribution in [3.8, 4) is 0 Å². The number of morpholine rings is 1. The van der Waals surface area contributed by atoms with E-state index in [9.17, 15) is 14.4 Å². The van der Waals surface area contributed by atoms with Gasteiger partial charge in [-0.2, -0.15) is 0 Å². The second-order valence-corrected chi connectivity index (χ2v) is 4.92. The summed E-state index contributed by atoms with van der Waals surface area (Å²) in [5.74, 6) is -1.70. The highest BCUT2D eigenvalue weighted by molar-refractivity contribution is 6.35. The third kappa shape index (κ3) is 3.67. The lowest BCUT2D eigenvalue weighted by Crippen LogP contribution is -2.59. The average Bonchev–Trinajstić information content (AvgIpc) is 3.27. The van der Waals surface area contributed by atoms with Crippen molar-refractivity contribution in [3.05, 3.63) is 0 Å². The van der Waals surface area contributed by atoms with E-state index >= 15 is 0 Å². The van der Waals surface area contributed by atoms with Crippen LogP contribution in [0.25, 0.3) is 0 Å². The molecule has 0 spiro atoms. The third-order valence-corrected chi connectivity index (χ3v) is 3.24. The maximum absolute atomic E-state index is 12.1. The number of nitrogens with zero attached hydrogens (tertiary/aromatic N) is 1. The highest BCUT2D eigenvalue weighted by Gasteiger charge is 2.37. The molecule has 3 amide bonds. The highest BCUT2D eigenvalue weighted by atomic mass is 16.5. The van der Waals surface area contributed by atoms with Gasteiger partial charge in [-0.3, -0.25) is 14.4 Å². The SMILES string of the molecule is NCCNC(=O)C(=O)N1CCOCC1C(=O)NC1CC1. The lowest BCUT2D eigenvalue weighted by molar-refractivity contribution is -0.155. The predicted molar refractivity (Wildman–Crippen MR) is 69.5 cm³/mol. The zero-order valence-corrected chi connectivity index (χ0v) is 11.3. The van der Waals surface area contributed by atoms with Gasteiger partial charge < -0.3 is 26.0 Å². The molecule has 112 valence electrons. The fourth-order valence-electron chi connectivity index (χ4n) is 1.98. The van der Waals surface area contributed by atoms with Crippen LogP contribution in [0.15, 0.2) is 0 Å². The van der Waals surface area contributed by atoms with Crippen molar-refractivity contribution < 1.29 is 19.1 Å². The minimum Gasteiger partial charge on any atom is -0.377 e. The predicted octanol–water partition coefficient (Wildman–Crippen LogP) is -2.43. The number of carbonyl (C=O) groups excluding carboxylic acids is 3. The zero-order valence-electron chi connectivity index (χ0n) is 11.3. The quantitative estimate of drug-likeness (QED) is 0.497. The van der Waals surface area contributed by atoms with Gasteiger partial charge >= 0.3 is 11.8 Å². The number of hydrogen-bond donors (Lipinski definition) is 3. The number of amides is 3. The van der Waals surface area contributed by atoms with Crippen molar-refractivity contribution >= 4 is 17.7 Å². The van der Waals surface area contributed by atoms with Crippen LogP contribution in [0.4, 0.5) is 0 Å². The summed E-state index contributed by atoms with van der Waals surface area (Å²) in [4.78, 5) is 37.1. The molecule has 0 aromatic carbocycles. The molecule has 1 aliphatic carbocycles. The van der Waals surface area contributed by atoms with E-state index in [0.717, 1.165) is 12.8 Å². The summed E-state index contributed by atoms with van der Waals surface area (Å²) >= 11 is 0. The fourth-order valence-corrected chi connectivity index (χ4v) is 1.98. The van der Waals surface area contributed by atoms with Gasteiger partial charge in [-0.1, -0.05) is 0 Å². The molecular formula is C12H20N4O4. The van der Waals surface area contributed by atoms with Crippen LogP contribution >= 0.6 is 0 Å². The van der Waals surface area contributed by atoms with Gasteiger partial charge in [-0.05, 0) is 12.8 Å². The largest absolute Gasteiger partial charge is 0.377 e. The number of hydrogen-bond acceptors (Lipinski definition) is 5. The first-order valence-corrected chi connectivity index (χ1v) is 6.80. The molecule has 1 saturated carbocycles. The molecule has 20 heavy (non-hydrogen) atoms. The second-order valence-electron chi connectivity index (χ2n) is 4.92. The summed E-state index contributed by atoms with van der Waals surface area (Å²) in [5, 5.41) is 5.24.